The van der Waals surface area contributed by atoms with Gasteiger partial charge in [-0.2, -0.15) is 0 Å². The van der Waals surface area contributed by atoms with Crippen LogP contribution in [0.1, 0.15) is 45.9 Å². The van der Waals surface area contributed by atoms with Crippen molar-refractivity contribution in [3.63, 3.8) is 0 Å². The highest BCUT2D eigenvalue weighted by Crippen LogP contribution is 2.30. The van der Waals surface area contributed by atoms with Crippen LogP contribution >= 0.6 is 0 Å². The van der Waals surface area contributed by atoms with Crippen LogP contribution in [-0.4, -0.2) is 12.6 Å². The minimum absolute atomic E-state index is 0.00829. The van der Waals surface area contributed by atoms with E-state index in [1.807, 2.05) is 25.1 Å². The minimum Gasteiger partial charge on any atom is -0.379 e. The molecule has 1 unspecified atom stereocenters. The quantitative estimate of drug-likeness (QED) is 0.128. The van der Waals surface area contributed by atoms with Gasteiger partial charge in [0.2, 0.25) is 0 Å². The van der Waals surface area contributed by atoms with Crippen LogP contribution in [0.4, 0.5) is 11.4 Å². The smallest absolute Gasteiger partial charge is 0.192 e. The number of hydrogen-bond donors (Lipinski definition) is 2. The maximum atomic E-state index is 6.77. The summed E-state index contributed by atoms with van der Waals surface area (Å²) in [6.07, 6.45) is 0.801. The maximum absolute atomic E-state index is 6.77. The van der Waals surface area contributed by atoms with Gasteiger partial charge in [0, 0.05) is 12.1 Å². The van der Waals surface area contributed by atoms with E-state index in [-0.39, 0.29) is 6.04 Å². The fourth-order valence-corrected chi connectivity index (χ4v) is 5.16. The predicted octanol–water partition coefficient (Wildman–Crippen LogP) is 9.35. The van der Waals surface area contributed by atoms with E-state index in [1.165, 1.54) is 27.8 Å². The highest BCUT2D eigenvalue weighted by Gasteiger charge is 2.30. The molecule has 5 rings (SSSR count). The first-order valence-electron chi connectivity index (χ1n) is 15.5. The predicted molar refractivity (Wildman–Crippen MR) is 183 cm³/mol. The van der Waals surface area contributed by atoms with Gasteiger partial charge in [-0.1, -0.05) is 132 Å². The summed E-state index contributed by atoms with van der Waals surface area (Å²) < 4.78 is 13.3. The standard InChI is InChI=1S/C40H44N2O2/c1-30-14-20-33(21-15-30)26-37(42-39-13-9-8-12-38(39)41-27-34-22-16-31(2)17-23-34)29-44-40(4,36-10-6-5-7-11-36)43-28-35-24-18-32(3)19-25-35/h5-25,37,41-42H,26-29H2,1-4H3/t37-,40?/m0/s1. The van der Waals surface area contributed by atoms with Crippen LogP contribution in [0, 0.1) is 20.8 Å². The zero-order chi connectivity index (χ0) is 30.8. The highest BCUT2D eigenvalue weighted by atomic mass is 16.7. The molecule has 0 aromatic heterocycles. The molecule has 0 radical (unpaired) electrons. The monoisotopic (exact) mass is 584 g/mol. The fourth-order valence-electron chi connectivity index (χ4n) is 5.16. The lowest BCUT2D eigenvalue weighted by atomic mass is 10.0. The average molecular weight is 585 g/mol. The molecule has 226 valence electrons. The van der Waals surface area contributed by atoms with Crippen molar-refractivity contribution in [3.05, 3.63) is 166 Å². The van der Waals surface area contributed by atoms with Crippen molar-refractivity contribution in [2.24, 2.45) is 0 Å². The molecule has 5 aromatic rings. The molecular formula is C40H44N2O2. The normalized spacial score (nSPS) is 13.2. The van der Waals surface area contributed by atoms with Crippen LogP contribution in [0.25, 0.3) is 0 Å². The maximum Gasteiger partial charge on any atom is 0.192 e. The van der Waals surface area contributed by atoms with Crippen LogP contribution in [0.2, 0.25) is 0 Å². The average Bonchev–Trinajstić information content (AvgIpc) is 3.05. The molecule has 0 saturated heterocycles. The van der Waals surface area contributed by atoms with Gasteiger partial charge in [0.05, 0.1) is 30.6 Å². The van der Waals surface area contributed by atoms with Gasteiger partial charge < -0.3 is 20.1 Å². The van der Waals surface area contributed by atoms with Crippen LogP contribution in [0.15, 0.2) is 127 Å². The van der Waals surface area contributed by atoms with E-state index in [0.717, 1.165) is 35.5 Å². The van der Waals surface area contributed by atoms with Gasteiger partial charge in [-0.15, -0.1) is 0 Å². The molecular weight excluding hydrogens is 540 g/mol. The SMILES string of the molecule is Cc1ccc(CNc2ccccc2N[C@H](COC(C)(OCc2ccc(C)cc2)c2ccccc2)Cc2ccc(C)cc2)cc1. The Bertz CT molecular complexity index is 1580. The number of para-hydroxylation sites is 2. The second-order valence-electron chi connectivity index (χ2n) is 11.8. The van der Waals surface area contributed by atoms with Crippen molar-refractivity contribution in [1.82, 2.24) is 0 Å². The van der Waals surface area contributed by atoms with E-state index in [9.17, 15) is 0 Å². The zero-order valence-electron chi connectivity index (χ0n) is 26.3. The van der Waals surface area contributed by atoms with Crippen molar-refractivity contribution in [2.75, 3.05) is 17.2 Å². The molecule has 0 bridgehead atoms. The van der Waals surface area contributed by atoms with E-state index in [2.05, 4.69) is 141 Å². The summed E-state index contributed by atoms with van der Waals surface area (Å²) in [6.45, 7) is 10.00. The summed E-state index contributed by atoms with van der Waals surface area (Å²) >= 11 is 0. The lowest BCUT2D eigenvalue weighted by Crippen LogP contribution is -2.36. The number of ether oxygens (including phenoxy) is 2. The van der Waals surface area contributed by atoms with Crippen molar-refractivity contribution in [2.45, 2.75) is 59.1 Å². The summed E-state index contributed by atoms with van der Waals surface area (Å²) in [5.74, 6) is -0.928. The molecule has 0 amide bonds. The molecule has 2 N–H and O–H groups in total. The van der Waals surface area contributed by atoms with E-state index < -0.39 is 5.79 Å². The Labute approximate surface area is 263 Å². The summed E-state index contributed by atoms with van der Waals surface area (Å²) in [7, 11) is 0. The number of hydrogen-bond acceptors (Lipinski definition) is 4. The molecule has 4 heteroatoms. The summed E-state index contributed by atoms with van der Waals surface area (Å²) in [5.41, 5.74) is 10.4. The van der Waals surface area contributed by atoms with Crippen molar-refractivity contribution < 1.29 is 9.47 Å². The minimum atomic E-state index is -0.928. The molecule has 0 heterocycles. The van der Waals surface area contributed by atoms with Crippen LogP contribution in [0.3, 0.4) is 0 Å². The van der Waals surface area contributed by atoms with Gasteiger partial charge >= 0.3 is 0 Å². The first-order chi connectivity index (χ1) is 21.4. The summed E-state index contributed by atoms with van der Waals surface area (Å²) in [4.78, 5) is 0. The van der Waals surface area contributed by atoms with E-state index in [1.54, 1.807) is 0 Å². The first-order valence-corrected chi connectivity index (χ1v) is 15.5. The largest absolute Gasteiger partial charge is 0.379 e. The molecule has 5 aromatic carbocycles. The number of anilines is 2. The molecule has 0 spiro atoms. The van der Waals surface area contributed by atoms with Gasteiger partial charge in [0.25, 0.3) is 0 Å². The van der Waals surface area contributed by atoms with Crippen LogP contribution in [-0.2, 0) is 34.8 Å². The molecule has 4 nitrogen and oxygen atoms in total. The zero-order valence-corrected chi connectivity index (χ0v) is 26.3. The highest BCUT2D eigenvalue weighted by molar-refractivity contribution is 5.69. The van der Waals surface area contributed by atoms with Gasteiger partial charge in [-0.25, -0.2) is 0 Å². The Morgan fingerprint density at radius 1 is 0.568 bits per heavy atom. The van der Waals surface area contributed by atoms with Crippen LogP contribution in [0.5, 0.6) is 0 Å². The second kappa shape index (κ2) is 14.9. The van der Waals surface area contributed by atoms with E-state index in [0.29, 0.717) is 13.2 Å². The Hall–Kier alpha value is -4.38. The Kier molecular flexibility index (Phi) is 10.5. The van der Waals surface area contributed by atoms with Crippen LogP contribution < -0.4 is 10.6 Å². The van der Waals surface area contributed by atoms with E-state index in [4.69, 9.17) is 9.47 Å². The summed E-state index contributed by atoms with van der Waals surface area (Å²) in [6, 6.07) is 44.5. The third-order valence-corrected chi connectivity index (χ3v) is 7.99. The fraction of sp³-hybridized carbons (Fsp3) is 0.250. The van der Waals surface area contributed by atoms with Crippen molar-refractivity contribution in [1.29, 1.82) is 0 Å². The van der Waals surface area contributed by atoms with Gasteiger partial charge in [0.15, 0.2) is 5.79 Å². The third kappa shape index (κ3) is 8.82. The second-order valence-corrected chi connectivity index (χ2v) is 11.8. The summed E-state index contributed by atoms with van der Waals surface area (Å²) in [5, 5.41) is 7.46. The molecule has 0 aliphatic rings. The Morgan fingerprint density at radius 2 is 1.09 bits per heavy atom. The topological polar surface area (TPSA) is 42.5 Å². The van der Waals surface area contributed by atoms with Gasteiger partial charge in [-0.05, 0) is 62.9 Å². The Morgan fingerprint density at radius 3 is 1.70 bits per heavy atom. The third-order valence-electron chi connectivity index (χ3n) is 7.99. The van der Waals surface area contributed by atoms with Crippen molar-refractivity contribution >= 4 is 11.4 Å². The van der Waals surface area contributed by atoms with Gasteiger partial charge in [0.1, 0.15) is 0 Å². The molecule has 0 saturated carbocycles. The molecule has 0 fully saturated rings. The lowest BCUT2D eigenvalue weighted by molar-refractivity contribution is -0.242. The first kappa shape index (κ1) is 31.1. The lowest BCUT2D eigenvalue weighted by Gasteiger charge is -2.33. The van der Waals surface area contributed by atoms with E-state index >= 15 is 0 Å². The number of benzene rings is 5. The number of aryl methyl sites for hydroxylation is 3. The molecule has 0 aliphatic carbocycles. The molecule has 2 atom stereocenters. The number of nitrogens with one attached hydrogen (secondary N) is 2. The van der Waals surface area contributed by atoms with Gasteiger partial charge in [-0.3, -0.25) is 0 Å². The molecule has 0 aliphatic heterocycles. The number of rotatable bonds is 14. The molecule has 44 heavy (non-hydrogen) atoms. The van der Waals surface area contributed by atoms with Crippen molar-refractivity contribution in [3.8, 4) is 0 Å². The Balaban J connectivity index is 1.36.